The molecule has 24 heavy (non-hydrogen) atoms. The van der Waals surface area contributed by atoms with E-state index in [0.29, 0.717) is 12.8 Å². The van der Waals surface area contributed by atoms with Gasteiger partial charge in [-0.15, -0.1) is 0 Å². The fourth-order valence-corrected chi connectivity index (χ4v) is 4.53. The monoisotopic (exact) mass is 347 g/mol. The van der Waals surface area contributed by atoms with Crippen LogP contribution in [-0.4, -0.2) is 47.1 Å². The number of carbonyl (C=O) groups is 1. The van der Waals surface area contributed by atoms with Crippen LogP contribution in [0.5, 0.6) is 0 Å². The van der Waals surface area contributed by atoms with Gasteiger partial charge in [-0.25, -0.2) is 8.42 Å². The number of nitrogens with zero attached hydrogens (tertiary/aromatic N) is 3. The first kappa shape index (κ1) is 16.7. The number of sulfone groups is 1. The van der Waals surface area contributed by atoms with Crippen LogP contribution >= 0.6 is 0 Å². The zero-order valence-corrected chi connectivity index (χ0v) is 14.4. The largest absolute Gasteiger partial charge is 0.333 e. The number of hydrogen-bond acceptors (Lipinski definition) is 4. The Morgan fingerprint density at radius 2 is 2.04 bits per heavy atom. The summed E-state index contributed by atoms with van der Waals surface area (Å²) < 4.78 is 25.7. The Balaban J connectivity index is 1.75. The van der Waals surface area contributed by atoms with Crippen molar-refractivity contribution in [3.63, 3.8) is 0 Å². The molecule has 0 spiro atoms. The van der Waals surface area contributed by atoms with Crippen LogP contribution in [0.25, 0.3) is 0 Å². The number of rotatable bonds is 4. The third-order valence-electron chi connectivity index (χ3n) is 4.33. The molecule has 2 aromatic rings. The molecule has 1 saturated heterocycles. The zero-order valence-electron chi connectivity index (χ0n) is 13.6. The molecular weight excluding hydrogens is 326 g/mol. The third-order valence-corrected chi connectivity index (χ3v) is 5.96. The quantitative estimate of drug-likeness (QED) is 0.837. The second-order valence-corrected chi connectivity index (χ2v) is 8.38. The molecule has 3 rings (SSSR count). The van der Waals surface area contributed by atoms with Gasteiger partial charge >= 0.3 is 0 Å². The van der Waals surface area contributed by atoms with E-state index >= 15 is 0 Å². The topological polar surface area (TPSA) is 72.3 Å². The predicted molar refractivity (Wildman–Crippen MR) is 91.1 cm³/mol. The Morgan fingerprint density at radius 3 is 2.71 bits per heavy atom. The predicted octanol–water partition coefficient (Wildman–Crippen LogP) is 1.35. The maximum Gasteiger partial charge on any atom is 0.223 e. The Kier molecular flexibility index (Phi) is 4.71. The van der Waals surface area contributed by atoms with E-state index in [1.807, 2.05) is 30.3 Å². The van der Waals surface area contributed by atoms with E-state index in [1.54, 1.807) is 29.0 Å². The van der Waals surface area contributed by atoms with Crippen LogP contribution in [0, 0.1) is 0 Å². The Bertz CT molecular complexity index is 815. The highest BCUT2D eigenvalue weighted by Gasteiger charge is 2.35. The van der Waals surface area contributed by atoms with Gasteiger partial charge in [0.1, 0.15) is 0 Å². The Labute approximate surface area is 142 Å². The van der Waals surface area contributed by atoms with Crippen molar-refractivity contribution < 1.29 is 13.2 Å². The van der Waals surface area contributed by atoms with Gasteiger partial charge in [0, 0.05) is 31.8 Å². The number of aryl methyl sites for hydroxylation is 2. The number of aromatic nitrogens is 2. The van der Waals surface area contributed by atoms with Gasteiger partial charge in [0.05, 0.1) is 23.7 Å². The van der Waals surface area contributed by atoms with Crippen LogP contribution in [0.3, 0.4) is 0 Å². The van der Waals surface area contributed by atoms with Crippen molar-refractivity contribution in [1.29, 1.82) is 0 Å². The van der Waals surface area contributed by atoms with Crippen LogP contribution in [0.1, 0.15) is 23.6 Å². The minimum atomic E-state index is -3.14. The summed E-state index contributed by atoms with van der Waals surface area (Å²) >= 11 is 0. The highest BCUT2D eigenvalue weighted by atomic mass is 32.2. The van der Waals surface area contributed by atoms with Crippen molar-refractivity contribution in [2.24, 2.45) is 7.05 Å². The number of hydrogen-bond donors (Lipinski definition) is 0. The first-order valence-electron chi connectivity index (χ1n) is 7.97. The Hall–Kier alpha value is -2.15. The summed E-state index contributed by atoms with van der Waals surface area (Å²) in [4.78, 5) is 14.4. The van der Waals surface area contributed by atoms with Crippen molar-refractivity contribution in [2.45, 2.75) is 18.9 Å². The second kappa shape index (κ2) is 6.76. The summed E-state index contributed by atoms with van der Waals surface area (Å²) in [7, 11) is -1.36. The minimum Gasteiger partial charge on any atom is -0.333 e. The number of benzene rings is 1. The smallest absolute Gasteiger partial charge is 0.223 e. The van der Waals surface area contributed by atoms with E-state index in [4.69, 9.17) is 0 Å². The van der Waals surface area contributed by atoms with E-state index in [2.05, 4.69) is 5.10 Å². The number of amides is 1. The first-order chi connectivity index (χ1) is 11.4. The minimum absolute atomic E-state index is 0.0115. The first-order valence-corrected chi connectivity index (χ1v) is 9.79. The molecule has 1 unspecified atom stereocenters. The zero-order chi connectivity index (χ0) is 17.2. The molecule has 2 heterocycles. The van der Waals surface area contributed by atoms with Crippen molar-refractivity contribution >= 4 is 15.7 Å². The molecule has 0 N–H and O–H groups in total. The van der Waals surface area contributed by atoms with E-state index in [-0.39, 0.29) is 24.0 Å². The molecule has 1 amide bonds. The van der Waals surface area contributed by atoms with Crippen LogP contribution in [-0.2, 0) is 28.1 Å². The molecule has 0 radical (unpaired) electrons. The lowest BCUT2D eigenvalue weighted by Gasteiger charge is -2.35. The average Bonchev–Trinajstić information content (AvgIpc) is 2.99. The normalized spacial score (nSPS) is 20.0. The van der Waals surface area contributed by atoms with E-state index in [0.717, 1.165) is 11.1 Å². The van der Waals surface area contributed by atoms with Crippen LogP contribution in [0.4, 0.5) is 0 Å². The van der Waals surface area contributed by atoms with Crippen molar-refractivity contribution in [1.82, 2.24) is 14.7 Å². The third kappa shape index (κ3) is 3.84. The summed E-state index contributed by atoms with van der Waals surface area (Å²) in [6, 6.07) is 9.39. The fourth-order valence-electron chi connectivity index (χ4n) is 3.03. The van der Waals surface area contributed by atoms with Crippen LogP contribution < -0.4 is 0 Å². The van der Waals surface area contributed by atoms with Crippen molar-refractivity contribution in [2.75, 3.05) is 18.1 Å². The molecule has 0 saturated carbocycles. The fraction of sp³-hybridized carbons (Fsp3) is 0.412. The summed E-state index contributed by atoms with van der Waals surface area (Å²) in [5.41, 5.74) is 1.88. The lowest BCUT2D eigenvalue weighted by Crippen LogP contribution is -2.46. The standard InChI is InChI=1S/C17H21N3O3S/c1-19-12-15(11-18-19)16-13-24(22,23)10-9-20(16)17(21)8-7-14-5-3-2-4-6-14/h2-6,11-12,16H,7-10,13H2,1H3. The van der Waals surface area contributed by atoms with Gasteiger partial charge in [0.25, 0.3) is 0 Å². The summed E-state index contributed by atoms with van der Waals surface area (Å²) in [6.45, 7) is 0.246. The molecular formula is C17H21N3O3S. The molecule has 1 aromatic heterocycles. The highest BCUT2D eigenvalue weighted by molar-refractivity contribution is 7.91. The maximum absolute atomic E-state index is 12.7. The maximum atomic E-state index is 12.7. The second-order valence-electron chi connectivity index (χ2n) is 6.15. The molecule has 6 nitrogen and oxygen atoms in total. The summed E-state index contributed by atoms with van der Waals surface area (Å²) in [5, 5.41) is 4.11. The molecule has 1 aliphatic rings. The average molecular weight is 347 g/mol. The molecule has 7 heteroatoms. The lowest BCUT2D eigenvalue weighted by molar-refractivity contribution is -0.133. The summed E-state index contributed by atoms with van der Waals surface area (Å²) in [5.74, 6) is -0.0148. The summed E-state index contributed by atoms with van der Waals surface area (Å²) in [6.07, 6.45) is 4.45. The molecule has 1 aliphatic heterocycles. The molecule has 1 aromatic carbocycles. The molecule has 0 aliphatic carbocycles. The highest BCUT2D eigenvalue weighted by Crippen LogP contribution is 2.27. The van der Waals surface area contributed by atoms with Crippen molar-refractivity contribution in [3.8, 4) is 0 Å². The molecule has 128 valence electrons. The van der Waals surface area contributed by atoms with Crippen molar-refractivity contribution in [3.05, 3.63) is 53.9 Å². The van der Waals surface area contributed by atoms with Gasteiger partial charge in [-0.3, -0.25) is 9.48 Å². The van der Waals surface area contributed by atoms with E-state index in [1.165, 1.54) is 0 Å². The molecule has 1 atom stereocenters. The van der Waals surface area contributed by atoms with Crippen LogP contribution in [0.2, 0.25) is 0 Å². The van der Waals surface area contributed by atoms with Gasteiger partial charge in [-0.05, 0) is 12.0 Å². The molecule has 1 fully saturated rings. The van der Waals surface area contributed by atoms with E-state index < -0.39 is 15.9 Å². The lowest BCUT2D eigenvalue weighted by atomic mass is 10.1. The van der Waals surface area contributed by atoms with Gasteiger partial charge < -0.3 is 4.90 Å². The van der Waals surface area contributed by atoms with Gasteiger partial charge in [0.2, 0.25) is 5.91 Å². The SMILES string of the molecule is Cn1cc(C2CS(=O)(=O)CCN2C(=O)CCc2ccccc2)cn1. The van der Waals surface area contributed by atoms with Gasteiger partial charge in [-0.2, -0.15) is 5.10 Å². The van der Waals surface area contributed by atoms with Gasteiger partial charge in [-0.1, -0.05) is 30.3 Å². The van der Waals surface area contributed by atoms with Gasteiger partial charge in [0.15, 0.2) is 9.84 Å². The van der Waals surface area contributed by atoms with E-state index in [9.17, 15) is 13.2 Å². The number of carbonyl (C=O) groups excluding carboxylic acids is 1. The molecule has 0 bridgehead atoms. The Morgan fingerprint density at radius 1 is 1.29 bits per heavy atom. The van der Waals surface area contributed by atoms with Crippen LogP contribution in [0.15, 0.2) is 42.7 Å².